The molecule has 2 N–H and O–H groups in total. The first-order valence-corrected chi connectivity index (χ1v) is 7.66. The number of aromatic nitrogens is 3. The third-order valence-electron chi connectivity index (χ3n) is 4.98. The molecule has 2 aromatic heterocycles. The maximum absolute atomic E-state index is 11.1. The van der Waals surface area contributed by atoms with E-state index in [-0.39, 0.29) is 11.1 Å². The smallest absolute Gasteiger partial charge is 0.354 e. The van der Waals surface area contributed by atoms with E-state index in [0.29, 0.717) is 0 Å². The zero-order valence-electron chi connectivity index (χ0n) is 12.2. The number of anilines is 1. The molecule has 114 valence electrons. The van der Waals surface area contributed by atoms with Crippen molar-refractivity contribution in [2.24, 2.45) is 0 Å². The van der Waals surface area contributed by atoms with Gasteiger partial charge in [-0.25, -0.2) is 9.78 Å². The fraction of sp³-hybridized carbons (Fsp3) is 0.438. The first-order chi connectivity index (χ1) is 10.7. The third-order valence-corrected chi connectivity index (χ3v) is 4.98. The average molecular weight is 298 g/mol. The first kappa shape index (κ1) is 13.3. The number of H-pyrrole nitrogens is 1. The van der Waals surface area contributed by atoms with Crippen molar-refractivity contribution in [1.29, 1.82) is 0 Å². The Bertz CT molecular complexity index is 726. The fourth-order valence-corrected chi connectivity index (χ4v) is 3.91. The standard InChI is InChI=1S/C16H18N4O2/c21-15(22)12-3-1-4-13(18-12)20-8-2-6-16(10-20)7-5-11-9-17-19-14(11)16/h1,3-4,9H,2,5-8,10H2,(H,17,19)(H,21,22). The van der Waals surface area contributed by atoms with E-state index >= 15 is 0 Å². The van der Waals surface area contributed by atoms with E-state index in [4.69, 9.17) is 5.11 Å². The monoisotopic (exact) mass is 298 g/mol. The van der Waals surface area contributed by atoms with Crippen LogP contribution < -0.4 is 4.90 Å². The molecule has 4 rings (SSSR count). The van der Waals surface area contributed by atoms with E-state index < -0.39 is 5.97 Å². The van der Waals surface area contributed by atoms with Crippen LogP contribution in [0.2, 0.25) is 0 Å². The molecule has 2 aliphatic rings. The molecule has 3 heterocycles. The predicted molar refractivity (Wildman–Crippen MR) is 81.2 cm³/mol. The minimum atomic E-state index is -0.981. The number of aromatic carboxylic acids is 1. The van der Waals surface area contributed by atoms with Gasteiger partial charge in [0.1, 0.15) is 5.82 Å². The van der Waals surface area contributed by atoms with E-state index in [1.165, 1.54) is 17.3 Å². The Morgan fingerprint density at radius 1 is 1.36 bits per heavy atom. The number of aryl methyl sites for hydroxylation is 1. The van der Waals surface area contributed by atoms with Gasteiger partial charge in [0.05, 0.1) is 6.20 Å². The van der Waals surface area contributed by atoms with Crippen LogP contribution in [0.3, 0.4) is 0 Å². The number of carboxylic acids is 1. The molecule has 0 radical (unpaired) electrons. The minimum absolute atomic E-state index is 0.103. The molecular weight excluding hydrogens is 280 g/mol. The lowest BCUT2D eigenvalue weighted by atomic mass is 9.77. The van der Waals surface area contributed by atoms with Crippen LogP contribution in [0.4, 0.5) is 5.82 Å². The van der Waals surface area contributed by atoms with Gasteiger partial charge in [0.25, 0.3) is 0 Å². The van der Waals surface area contributed by atoms with Crippen molar-refractivity contribution in [1.82, 2.24) is 15.2 Å². The quantitative estimate of drug-likeness (QED) is 0.886. The Hall–Kier alpha value is -2.37. The molecular formula is C16H18N4O2. The molecule has 0 aromatic carbocycles. The van der Waals surface area contributed by atoms with Crippen molar-refractivity contribution in [3.8, 4) is 0 Å². The number of piperidine rings is 1. The van der Waals surface area contributed by atoms with Gasteiger partial charge in [-0.1, -0.05) is 6.07 Å². The van der Waals surface area contributed by atoms with Gasteiger partial charge >= 0.3 is 5.97 Å². The second kappa shape index (κ2) is 4.83. The number of nitrogens with zero attached hydrogens (tertiary/aromatic N) is 3. The average Bonchev–Trinajstić information content (AvgIpc) is 3.13. The fourth-order valence-electron chi connectivity index (χ4n) is 3.91. The van der Waals surface area contributed by atoms with Crippen molar-refractivity contribution < 1.29 is 9.90 Å². The highest BCUT2D eigenvalue weighted by Gasteiger charge is 2.43. The highest BCUT2D eigenvalue weighted by molar-refractivity contribution is 5.85. The maximum Gasteiger partial charge on any atom is 0.354 e. The first-order valence-electron chi connectivity index (χ1n) is 7.66. The van der Waals surface area contributed by atoms with E-state index in [1.54, 1.807) is 6.07 Å². The van der Waals surface area contributed by atoms with Gasteiger partial charge in [0.2, 0.25) is 0 Å². The van der Waals surface area contributed by atoms with Gasteiger partial charge in [-0.15, -0.1) is 0 Å². The lowest BCUT2D eigenvalue weighted by Gasteiger charge is -2.41. The highest BCUT2D eigenvalue weighted by Crippen LogP contribution is 2.44. The number of nitrogens with one attached hydrogen (secondary N) is 1. The van der Waals surface area contributed by atoms with Crippen LogP contribution in [0, 0.1) is 0 Å². The summed E-state index contributed by atoms with van der Waals surface area (Å²) in [5.74, 6) is -0.225. The summed E-state index contributed by atoms with van der Waals surface area (Å²) >= 11 is 0. The summed E-state index contributed by atoms with van der Waals surface area (Å²) in [6, 6.07) is 5.20. The number of fused-ring (bicyclic) bond motifs is 2. The summed E-state index contributed by atoms with van der Waals surface area (Å²) in [5.41, 5.74) is 2.82. The van der Waals surface area contributed by atoms with Crippen LogP contribution in [-0.2, 0) is 11.8 Å². The van der Waals surface area contributed by atoms with Gasteiger partial charge in [-0.3, -0.25) is 5.10 Å². The van der Waals surface area contributed by atoms with Crippen molar-refractivity contribution in [3.05, 3.63) is 41.3 Å². The van der Waals surface area contributed by atoms with Crippen LogP contribution >= 0.6 is 0 Å². The number of aromatic amines is 1. The number of rotatable bonds is 2. The van der Waals surface area contributed by atoms with Gasteiger partial charge < -0.3 is 10.0 Å². The molecule has 1 saturated heterocycles. The SMILES string of the molecule is O=C(O)c1cccc(N2CCCC3(CCc4cn[nH]c43)C2)n1. The molecule has 0 bridgehead atoms. The van der Waals surface area contributed by atoms with Crippen LogP contribution in [0.25, 0.3) is 0 Å². The van der Waals surface area contributed by atoms with Crippen molar-refractivity contribution in [2.75, 3.05) is 18.0 Å². The Kier molecular flexibility index (Phi) is 2.92. The van der Waals surface area contributed by atoms with Crippen molar-refractivity contribution in [3.63, 3.8) is 0 Å². The molecule has 2 aromatic rings. The highest BCUT2D eigenvalue weighted by atomic mass is 16.4. The molecule has 1 fully saturated rings. The Labute approximate surface area is 128 Å². The molecule has 1 aliphatic heterocycles. The molecule has 1 aliphatic carbocycles. The minimum Gasteiger partial charge on any atom is -0.477 e. The lowest BCUT2D eigenvalue weighted by Crippen LogP contribution is -2.45. The van der Waals surface area contributed by atoms with E-state index in [2.05, 4.69) is 20.1 Å². The van der Waals surface area contributed by atoms with E-state index in [0.717, 1.165) is 44.6 Å². The summed E-state index contributed by atoms with van der Waals surface area (Å²) < 4.78 is 0. The Balaban J connectivity index is 1.65. The second-order valence-electron chi connectivity index (χ2n) is 6.26. The van der Waals surface area contributed by atoms with Gasteiger partial charge in [0, 0.05) is 24.2 Å². The molecule has 1 spiro atoms. The zero-order valence-corrected chi connectivity index (χ0v) is 12.2. The molecule has 6 nitrogen and oxygen atoms in total. The van der Waals surface area contributed by atoms with Crippen molar-refractivity contribution in [2.45, 2.75) is 31.1 Å². The van der Waals surface area contributed by atoms with Gasteiger partial charge in [-0.05, 0) is 43.4 Å². The van der Waals surface area contributed by atoms with Crippen molar-refractivity contribution >= 4 is 11.8 Å². The normalized spacial score (nSPS) is 23.7. The molecule has 1 unspecified atom stereocenters. The molecule has 6 heteroatoms. The summed E-state index contributed by atoms with van der Waals surface area (Å²) in [6.07, 6.45) is 6.37. The van der Waals surface area contributed by atoms with Crippen LogP contribution in [0.5, 0.6) is 0 Å². The molecule has 1 atom stereocenters. The molecule has 0 saturated carbocycles. The van der Waals surface area contributed by atoms with Crippen LogP contribution in [0.15, 0.2) is 24.4 Å². The van der Waals surface area contributed by atoms with Gasteiger partial charge in [0.15, 0.2) is 5.69 Å². The Morgan fingerprint density at radius 2 is 2.27 bits per heavy atom. The number of pyridine rings is 1. The number of carboxylic acid groups (broad SMARTS) is 1. The Morgan fingerprint density at radius 3 is 3.14 bits per heavy atom. The summed E-state index contributed by atoms with van der Waals surface area (Å²) in [6.45, 7) is 1.79. The summed E-state index contributed by atoms with van der Waals surface area (Å²) in [4.78, 5) is 17.6. The number of hydrogen-bond donors (Lipinski definition) is 2. The maximum atomic E-state index is 11.1. The summed E-state index contributed by atoms with van der Waals surface area (Å²) in [5, 5.41) is 16.5. The summed E-state index contributed by atoms with van der Waals surface area (Å²) in [7, 11) is 0. The number of hydrogen-bond acceptors (Lipinski definition) is 4. The largest absolute Gasteiger partial charge is 0.477 e. The molecule has 0 amide bonds. The lowest BCUT2D eigenvalue weighted by molar-refractivity contribution is 0.0690. The third kappa shape index (κ3) is 1.98. The second-order valence-corrected chi connectivity index (χ2v) is 6.26. The van der Waals surface area contributed by atoms with E-state index in [9.17, 15) is 4.79 Å². The number of carbonyl (C=O) groups is 1. The predicted octanol–water partition coefficient (Wildman–Crippen LogP) is 1.99. The van der Waals surface area contributed by atoms with Crippen LogP contribution in [-0.4, -0.2) is 39.3 Å². The molecule has 22 heavy (non-hydrogen) atoms. The van der Waals surface area contributed by atoms with E-state index in [1.807, 2.05) is 12.3 Å². The van der Waals surface area contributed by atoms with Gasteiger partial charge in [-0.2, -0.15) is 5.10 Å². The van der Waals surface area contributed by atoms with Crippen LogP contribution in [0.1, 0.15) is 41.0 Å². The topological polar surface area (TPSA) is 82.1 Å². The zero-order chi connectivity index (χ0) is 15.2.